The topological polar surface area (TPSA) is 191 Å². The largest absolute Gasteiger partial charge is 0.509 e. The summed E-state index contributed by atoms with van der Waals surface area (Å²) < 4.78 is 47.6. The van der Waals surface area contributed by atoms with Crippen molar-refractivity contribution in [3.63, 3.8) is 0 Å². The Balaban J connectivity index is 1.96. The van der Waals surface area contributed by atoms with Gasteiger partial charge < -0.3 is 48.3 Å². The van der Waals surface area contributed by atoms with E-state index in [1.807, 2.05) is 6.08 Å². The smallest absolute Gasteiger partial charge is 0.452 e. The second-order valence-electron chi connectivity index (χ2n) is 23.6. The van der Waals surface area contributed by atoms with Crippen molar-refractivity contribution < 1.29 is 67.0 Å². The van der Waals surface area contributed by atoms with Crippen LogP contribution in [-0.4, -0.2) is 102 Å². The summed E-state index contributed by atoms with van der Waals surface area (Å²) in [5, 5.41) is 15.4. The Morgan fingerprint density at radius 2 is 1.06 bits per heavy atom. The highest BCUT2D eigenvalue weighted by Crippen LogP contribution is 2.36. The number of allylic oxidation sites excluding steroid dienone is 1. The van der Waals surface area contributed by atoms with Gasteiger partial charge in [0.05, 0.1) is 23.8 Å². The van der Waals surface area contributed by atoms with Gasteiger partial charge in [-0.15, -0.1) is 0 Å². The number of ether oxygens (including phenoxy) is 8. The summed E-state index contributed by atoms with van der Waals surface area (Å²) in [7, 11) is 0. The number of carbonyl (C=O) groups is 5. The van der Waals surface area contributed by atoms with Crippen LogP contribution >= 0.6 is 0 Å². The number of esters is 2. The summed E-state index contributed by atoms with van der Waals surface area (Å²) in [6.07, 6.45) is 22.7. The van der Waals surface area contributed by atoms with E-state index in [1.54, 1.807) is 96.1 Å². The fourth-order valence-electron chi connectivity index (χ4n) is 9.51. The van der Waals surface area contributed by atoms with Gasteiger partial charge in [0.25, 0.3) is 0 Å². The first-order valence-corrected chi connectivity index (χ1v) is 30.5. The Morgan fingerprint density at radius 1 is 0.613 bits per heavy atom. The average molecular weight is 1120 g/mol. The van der Waals surface area contributed by atoms with Crippen molar-refractivity contribution in [3.8, 4) is 0 Å². The zero-order chi connectivity index (χ0) is 58.7. The first-order chi connectivity index (χ1) is 38.2. The van der Waals surface area contributed by atoms with E-state index in [4.69, 9.17) is 37.9 Å². The molecule has 15 nitrogen and oxygen atoms in total. The number of rotatable bonds is 39. The van der Waals surface area contributed by atoms with Gasteiger partial charge in [-0.1, -0.05) is 198 Å². The van der Waals surface area contributed by atoms with Crippen LogP contribution in [0.15, 0.2) is 72.8 Å². The Labute approximate surface area is 480 Å². The first-order valence-electron chi connectivity index (χ1n) is 30.5. The SMILES string of the molecule is CCCCCCCCCCCCC/C=C/[C@@H](OC(=O)c1ccccc1)[C@H](CO[C@@]1(C)O[C@H](COC(=O)OC(C)(C)C)[C@H](OC(=O)OC(C)(C)C)[C@H](O)[C@H]1OC(=O)c1ccccc1)NC(=O)CCCCCCCCCCCCCCC. The molecule has 1 fully saturated rings. The van der Waals surface area contributed by atoms with E-state index in [1.165, 1.54) is 128 Å². The molecule has 1 amide bonds. The van der Waals surface area contributed by atoms with Crippen LogP contribution in [0.3, 0.4) is 0 Å². The standard InChI is InChI=1S/C65H103NO14/c1-10-12-14-16-18-20-22-24-26-28-30-32-40-46-53(75-59(69)50-42-36-34-37-43-50)52(66-55(67)47-41-33-31-29-27-25-23-21-19-17-15-13-11-2)48-74-65(9)58(77-60(70)51-44-38-35-39-45-51)56(68)57(76-62(72)80-64(6,7)8)54(78-65)49-73-61(71)79-63(3,4)5/h34-40,42-46,52-54,56-58,68H,10-33,41,47-49H2,1-9H3,(H,66,67)/b46-40+/t52-,53+,54+,56-,57-,58+,65-/m0/s1. The second-order valence-corrected chi connectivity index (χ2v) is 23.6. The molecule has 0 aliphatic carbocycles. The summed E-state index contributed by atoms with van der Waals surface area (Å²) in [6, 6.07) is 15.6. The van der Waals surface area contributed by atoms with E-state index < -0.39 is 91.0 Å². The fourth-order valence-corrected chi connectivity index (χ4v) is 9.51. The predicted molar refractivity (Wildman–Crippen MR) is 312 cm³/mol. The Kier molecular flexibility index (Phi) is 33.5. The summed E-state index contributed by atoms with van der Waals surface area (Å²) >= 11 is 0. The number of benzene rings is 2. The van der Waals surface area contributed by atoms with Crippen LogP contribution in [0.5, 0.6) is 0 Å². The maximum Gasteiger partial charge on any atom is 0.509 e. The second kappa shape index (κ2) is 38.7. The summed E-state index contributed by atoms with van der Waals surface area (Å²) in [5.74, 6) is -3.91. The number of aliphatic hydroxyl groups is 1. The summed E-state index contributed by atoms with van der Waals surface area (Å²) in [5.41, 5.74) is -1.50. The van der Waals surface area contributed by atoms with Gasteiger partial charge in [-0.3, -0.25) is 4.79 Å². The van der Waals surface area contributed by atoms with Crippen LogP contribution in [0.2, 0.25) is 0 Å². The van der Waals surface area contributed by atoms with Crippen molar-refractivity contribution in [2.24, 2.45) is 0 Å². The van der Waals surface area contributed by atoms with Crippen molar-refractivity contribution in [1.82, 2.24) is 5.32 Å². The lowest BCUT2D eigenvalue weighted by Gasteiger charge is -2.48. The molecule has 2 aromatic rings. The minimum absolute atomic E-state index is 0.135. The minimum atomic E-state index is -2.12. The molecule has 0 bridgehead atoms. The molecule has 0 spiro atoms. The molecule has 1 saturated heterocycles. The van der Waals surface area contributed by atoms with Gasteiger partial charge >= 0.3 is 24.2 Å². The normalized spacial score (nSPS) is 19.2. The van der Waals surface area contributed by atoms with Crippen LogP contribution in [0.4, 0.5) is 9.59 Å². The van der Waals surface area contributed by atoms with Crippen LogP contribution in [0, 0.1) is 0 Å². The molecule has 1 aliphatic heterocycles. The number of hydrogen-bond acceptors (Lipinski definition) is 14. The van der Waals surface area contributed by atoms with E-state index in [9.17, 15) is 29.1 Å². The van der Waals surface area contributed by atoms with Crippen LogP contribution < -0.4 is 5.32 Å². The van der Waals surface area contributed by atoms with Crippen molar-refractivity contribution >= 4 is 30.2 Å². The van der Waals surface area contributed by atoms with Gasteiger partial charge in [-0.25, -0.2) is 19.2 Å². The molecule has 1 aliphatic rings. The monoisotopic (exact) mass is 1120 g/mol. The maximum atomic E-state index is 14.1. The Morgan fingerprint density at radius 3 is 1.55 bits per heavy atom. The first kappa shape index (κ1) is 69.3. The minimum Gasteiger partial charge on any atom is -0.452 e. The molecule has 2 aromatic carbocycles. The quantitative estimate of drug-likeness (QED) is 0.0278. The maximum absolute atomic E-state index is 14.1. The number of unbranched alkanes of at least 4 members (excludes halogenated alkanes) is 23. The van der Waals surface area contributed by atoms with Crippen molar-refractivity contribution in [2.45, 2.75) is 283 Å². The van der Waals surface area contributed by atoms with Crippen molar-refractivity contribution in [3.05, 3.63) is 83.9 Å². The lowest BCUT2D eigenvalue weighted by atomic mass is 9.92. The van der Waals surface area contributed by atoms with Gasteiger partial charge in [0.15, 0.2) is 12.2 Å². The van der Waals surface area contributed by atoms with Gasteiger partial charge in [-0.2, -0.15) is 0 Å². The Hall–Kier alpha value is -4.99. The molecule has 0 radical (unpaired) electrons. The number of aliphatic hydroxyl groups excluding tert-OH is 1. The average Bonchev–Trinajstić information content (AvgIpc) is 3.40. The molecular weight excluding hydrogens is 1020 g/mol. The van der Waals surface area contributed by atoms with E-state index in [-0.39, 0.29) is 17.9 Å². The highest BCUT2D eigenvalue weighted by Gasteiger charge is 2.58. The van der Waals surface area contributed by atoms with Gasteiger partial charge in [-0.05, 0) is 98.1 Å². The molecule has 15 heteroatoms. The third-order valence-corrected chi connectivity index (χ3v) is 13.9. The van der Waals surface area contributed by atoms with Gasteiger partial charge in [0.2, 0.25) is 11.7 Å². The molecule has 0 saturated carbocycles. The molecule has 3 rings (SSSR count). The van der Waals surface area contributed by atoms with Crippen LogP contribution in [0.1, 0.15) is 250 Å². The zero-order valence-corrected chi connectivity index (χ0v) is 50.4. The van der Waals surface area contributed by atoms with E-state index in [0.717, 1.165) is 38.5 Å². The Bertz CT molecular complexity index is 2050. The molecule has 0 aromatic heterocycles. The molecular formula is C65H103NO14. The fraction of sp³-hybridized carbons (Fsp3) is 0.708. The predicted octanol–water partition coefficient (Wildman–Crippen LogP) is 15.4. The zero-order valence-electron chi connectivity index (χ0n) is 50.4. The molecule has 80 heavy (non-hydrogen) atoms. The lowest BCUT2D eigenvalue weighted by molar-refractivity contribution is -0.357. The van der Waals surface area contributed by atoms with E-state index in [2.05, 4.69) is 19.2 Å². The highest BCUT2D eigenvalue weighted by molar-refractivity contribution is 5.90. The van der Waals surface area contributed by atoms with Crippen molar-refractivity contribution in [2.75, 3.05) is 13.2 Å². The molecule has 1 heterocycles. The van der Waals surface area contributed by atoms with Crippen molar-refractivity contribution in [1.29, 1.82) is 0 Å². The number of amides is 1. The van der Waals surface area contributed by atoms with Crippen LogP contribution in [-0.2, 0) is 42.7 Å². The summed E-state index contributed by atoms with van der Waals surface area (Å²) in [4.78, 5) is 68.3. The highest BCUT2D eigenvalue weighted by atomic mass is 16.8. The molecule has 7 atom stereocenters. The number of carbonyl (C=O) groups excluding carboxylic acids is 5. The summed E-state index contributed by atoms with van der Waals surface area (Å²) in [6.45, 7) is 14.7. The molecule has 2 N–H and O–H groups in total. The third-order valence-electron chi connectivity index (χ3n) is 13.9. The van der Waals surface area contributed by atoms with E-state index in [0.29, 0.717) is 18.4 Å². The van der Waals surface area contributed by atoms with E-state index >= 15 is 0 Å². The van der Waals surface area contributed by atoms with Gasteiger partial charge in [0.1, 0.15) is 36.1 Å². The third kappa shape index (κ3) is 29.6. The molecule has 0 unspecified atom stereocenters. The van der Waals surface area contributed by atoms with Crippen LogP contribution in [0.25, 0.3) is 0 Å². The lowest BCUT2D eigenvalue weighted by Crippen LogP contribution is -2.67. The number of hydrogen-bond donors (Lipinski definition) is 2. The number of nitrogens with one attached hydrogen (secondary N) is 1. The van der Waals surface area contributed by atoms with Gasteiger partial charge in [0, 0.05) is 6.42 Å². The molecule has 452 valence electrons.